The number of hydrogen-bond acceptors (Lipinski definition) is 5. The summed E-state index contributed by atoms with van der Waals surface area (Å²) in [5.41, 5.74) is 7.59. The Labute approximate surface area is 210 Å². The molecule has 0 saturated carbocycles. The molecule has 2 aliphatic heterocycles. The van der Waals surface area contributed by atoms with E-state index in [1.165, 1.54) is 22.3 Å². The summed E-state index contributed by atoms with van der Waals surface area (Å²) in [5.74, 6) is 2.80. The molecule has 35 heavy (non-hydrogen) atoms. The van der Waals surface area contributed by atoms with E-state index in [9.17, 15) is 5.11 Å². The predicted octanol–water partition coefficient (Wildman–Crippen LogP) is 5.98. The highest BCUT2D eigenvalue weighted by molar-refractivity contribution is 5.62. The third kappa shape index (κ3) is 3.82. The van der Waals surface area contributed by atoms with Gasteiger partial charge < -0.3 is 19.3 Å². The van der Waals surface area contributed by atoms with E-state index in [1.54, 1.807) is 7.11 Å². The van der Waals surface area contributed by atoms with Gasteiger partial charge in [-0.15, -0.1) is 0 Å². The number of aryl methyl sites for hydroxylation is 1. The van der Waals surface area contributed by atoms with Crippen molar-refractivity contribution in [1.29, 1.82) is 0 Å². The van der Waals surface area contributed by atoms with E-state index < -0.39 is 6.10 Å². The topological polar surface area (TPSA) is 51.2 Å². The quantitative estimate of drug-likeness (QED) is 0.585. The SMILES string of the molecule is COc1c2c(cc3c1[C@H](C[C@H](O)c1cc4c(cc1C)C(C)(C)[C@H](C)CC4(C)C)N(C)CC3)OCO2. The number of hydrogen-bond donors (Lipinski definition) is 1. The molecule has 0 aromatic heterocycles. The fourth-order valence-electron chi connectivity index (χ4n) is 6.73. The van der Waals surface area contributed by atoms with Crippen LogP contribution in [0.1, 0.15) is 93.0 Å². The number of rotatable bonds is 4. The van der Waals surface area contributed by atoms with Crippen LogP contribution in [-0.4, -0.2) is 37.5 Å². The average molecular weight is 480 g/mol. The summed E-state index contributed by atoms with van der Waals surface area (Å²) >= 11 is 0. The second-order valence-electron chi connectivity index (χ2n) is 12.2. The Morgan fingerprint density at radius 2 is 1.89 bits per heavy atom. The van der Waals surface area contributed by atoms with Crippen LogP contribution in [0.3, 0.4) is 0 Å². The maximum atomic E-state index is 11.7. The second-order valence-corrected chi connectivity index (χ2v) is 12.2. The van der Waals surface area contributed by atoms with E-state index in [4.69, 9.17) is 14.2 Å². The number of nitrogens with zero attached hydrogens (tertiary/aromatic N) is 1. The summed E-state index contributed by atoms with van der Waals surface area (Å²) in [5, 5.41) is 11.7. The molecule has 5 nitrogen and oxygen atoms in total. The Bertz CT molecular complexity index is 1150. The summed E-state index contributed by atoms with van der Waals surface area (Å²) in [6.45, 7) is 15.1. The van der Waals surface area contributed by atoms with Crippen LogP contribution < -0.4 is 14.2 Å². The van der Waals surface area contributed by atoms with Gasteiger partial charge in [0.15, 0.2) is 11.5 Å². The van der Waals surface area contributed by atoms with Crippen molar-refractivity contribution in [3.05, 3.63) is 51.6 Å². The summed E-state index contributed by atoms with van der Waals surface area (Å²) in [6.07, 6.45) is 2.09. The van der Waals surface area contributed by atoms with Gasteiger partial charge in [-0.25, -0.2) is 0 Å². The largest absolute Gasteiger partial charge is 0.492 e. The number of aliphatic hydroxyl groups is 1. The number of ether oxygens (including phenoxy) is 3. The first-order valence-corrected chi connectivity index (χ1v) is 13.0. The summed E-state index contributed by atoms with van der Waals surface area (Å²) in [4.78, 5) is 2.33. The van der Waals surface area contributed by atoms with Gasteiger partial charge >= 0.3 is 0 Å². The lowest BCUT2D eigenvalue weighted by Crippen LogP contribution is -2.40. The predicted molar refractivity (Wildman–Crippen MR) is 139 cm³/mol. The summed E-state index contributed by atoms with van der Waals surface area (Å²) in [6, 6.07) is 6.78. The lowest BCUT2D eigenvalue weighted by molar-refractivity contribution is 0.107. The van der Waals surface area contributed by atoms with E-state index in [2.05, 4.69) is 71.7 Å². The molecule has 5 heteroatoms. The molecule has 0 fully saturated rings. The molecular formula is C30H41NO4. The van der Waals surface area contributed by atoms with Gasteiger partial charge in [-0.3, -0.25) is 4.90 Å². The van der Waals surface area contributed by atoms with Gasteiger partial charge in [-0.2, -0.15) is 0 Å². The smallest absolute Gasteiger partial charge is 0.231 e. The van der Waals surface area contributed by atoms with E-state index in [1.807, 2.05) is 0 Å². The van der Waals surface area contributed by atoms with Crippen molar-refractivity contribution in [2.75, 3.05) is 27.5 Å². The van der Waals surface area contributed by atoms with Gasteiger partial charge in [-0.1, -0.05) is 46.8 Å². The van der Waals surface area contributed by atoms with Gasteiger partial charge in [0.1, 0.15) is 0 Å². The summed E-state index contributed by atoms with van der Waals surface area (Å²) < 4.78 is 17.3. The molecule has 5 rings (SSSR count). The van der Waals surface area contributed by atoms with E-state index >= 15 is 0 Å². The molecule has 3 atom stereocenters. The third-order valence-corrected chi connectivity index (χ3v) is 9.23. The zero-order valence-electron chi connectivity index (χ0n) is 22.6. The second kappa shape index (κ2) is 8.41. The van der Waals surface area contributed by atoms with Crippen LogP contribution >= 0.6 is 0 Å². The molecule has 3 aliphatic rings. The fourth-order valence-corrected chi connectivity index (χ4v) is 6.73. The fraction of sp³-hybridized carbons (Fsp3) is 0.600. The molecule has 2 aromatic rings. The van der Waals surface area contributed by atoms with E-state index in [0.29, 0.717) is 18.1 Å². The van der Waals surface area contributed by atoms with Gasteiger partial charge in [0.05, 0.1) is 13.2 Å². The standard InChI is InChI=1S/C30H41NO4/c1-17-11-22-21(29(3,4)15-18(2)30(22,5)6)13-20(17)24(32)14-23-26-19(9-10-31(23)7)12-25-27(28(26)33-8)35-16-34-25/h11-13,18,23-24,32H,9-10,14-16H2,1-8H3/t18-,23+,24+/m1/s1. The molecule has 1 aliphatic carbocycles. The van der Waals surface area contributed by atoms with Crippen molar-refractivity contribution in [3.63, 3.8) is 0 Å². The number of fused-ring (bicyclic) bond motifs is 3. The molecule has 2 aromatic carbocycles. The molecule has 0 radical (unpaired) electrons. The first-order chi connectivity index (χ1) is 16.5. The number of methoxy groups -OCH3 is 1. The molecule has 0 saturated heterocycles. The van der Waals surface area contributed by atoms with Gasteiger partial charge in [0.2, 0.25) is 12.5 Å². The van der Waals surface area contributed by atoms with Crippen molar-refractivity contribution >= 4 is 0 Å². The van der Waals surface area contributed by atoms with Crippen LogP contribution in [0.2, 0.25) is 0 Å². The zero-order valence-corrected chi connectivity index (χ0v) is 22.6. The number of benzene rings is 2. The maximum absolute atomic E-state index is 11.7. The minimum atomic E-state index is -0.577. The van der Waals surface area contributed by atoms with Crippen LogP contribution in [0.4, 0.5) is 0 Å². The molecular weight excluding hydrogens is 438 g/mol. The highest BCUT2D eigenvalue weighted by Gasteiger charge is 2.43. The van der Waals surface area contributed by atoms with Crippen LogP contribution in [0, 0.1) is 12.8 Å². The molecule has 0 unspecified atom stereocenters. The minimum Gasteiger partial charge on any atom is -0.492 e. The lowest BCUT2D eigenvalue weighted by atomic mass is 9.58. The Kier molecular flexibility index (Phi) is 5.88. The molecule has 2 heterocycles. The zero-order chi connectivity index (χ0) is 25.3. The van der Waals surface area contributed by atoms with Gasteiger partial charge in [0.25, 0.3) is 0 Å². The highest BCUT2D eigenvalue weighted by Crippen LogP contribution is 2.52. The minimum absolute atomic E-state index is 0.0260. The molecule has 190 valence electrons. The number of aliphatic hydroxyl groups excluding tert-OH is 1. The van der Waals surface area contributed by atoms with Crippen molar-refractivity contribution < 1.29 is 19.3 Å². The van der Waals surface area contributed by atoms with E-state index in [-0.39, 0.29) is 23.7 Å². The first kappa shape index (κ1) is 24.5. The van der Waals surface area contributed by atoms with Gasteiger partial charge in [0, 0.05) is 18.2 Å². The molecule has 0 spiro atoms. The normalized spacial score (nSPS) is 25.1. The molecule has 0 bridgehead atoms. The van der Waals surface area contributed by atoms with Crippen LogP contribution in [0.25, 0.3) is 0 Å². The van der Waals surface area contributed by atoms with Crippen molar-refractivity contribution in [1.82, 2.24) is 4.90 Å². The van der Waals surface area contributed by atoms with Crippen LogP contribution in [0.15, 0.2) is 18.2 Å². The summed E-state index contributed by atoms with van der Waals surface area (Å²) in [7, 11) is 3.83. The van der Waals surface area contributed by atoms with Crippen molar-refractivity contribution in [2.45, 2.75) is 83.8 Å². The molecule has 0 amide bonds. The number of likely N-dealkylation sites (N-methyl/N-ethyl adjacent to an activating group) is 1. The highest BCUT2D eigenvalue weighted by atomic mass is 16.7. The monoisotopic (exact) mass is 479 g/mol. The Morgan fingerprint density at radius 1 is 1.14 bits per heavy atom. The Hall–Kier alpha value is -2.24. The lowest BCUT2D eigenvalue weighted by Gasteiger charge is -2.47. The average Bonchev–Trinajstić information content (AvgIpc) is 3.26. The van der Waals surface area contributed by atoms with Crippen LogP contribution in [-0.2, 0) is 17.3 Å². The third-order valence-electron chi connectivity index (χ3n) is 9.23. The van der Waals surface area contributed by atoms with Gasteiger partial charge in [-0.05, 0) is 83.9 Å². The Balaban J connectivity index is 1.54. The maximum Gasteiger partial charge on any atom is 0.231 e. The van der Waals surface area contributed by atoms with Crippen molar-refractivity contribution in [3.8, 4) is 17.2 Å². The first-order valence-electron chi connectivity index (χ1n) is 13.0. The van der Waals surface area contributed by atoms with Crippen molar-refractivity contribution in [2.24, 2.45) is 5.92 Å². The molecule has 1 N–H and O–H groups in total. The van der Waals surface area contributed by atoms with E-state index in [0.717, 1.165) is 42.0 Å². The van der Waals surface area contributed by atoms with Crippen LogP contribution in [0.5, 0.6) is 17.2 Å². The Morgan fingerprint density at radius 3 is 2.60 bits per heavy atom.